The average molecular weight is 386 g/mol. The van der Waals surface area contributed by atoms with Crippen LogP contribution >= 0.6 is 22.9 Å². The van der Waals surface area contributed by atoms with Gasteiger partial charge in [0, 0.05) is 13.6 Å². The summed E-state index contributed by atoms with van der Waals surface area (Å²) >= 11 is 6.74. The molecule has 25 heavy (non-hydrogen) atoms. The molecule has 0 saturated heterocycles. The van der Waals surface area contributed by atoms with Gasteiger partial charge in [0.25, 0.3) is 5.56 Å². The highest BCUT2D eigenvalue weighted by Gasteiger charge is 2.22. The molecular formula is C15H16ClN3O5S. The fraction of sp³-hybridized carbons (Fsp3) is 0.333. The third-order valence-corrected chi connectivity index (χ3v) is 4.63. The van der Waals surface area contributed by atoms with E-state index in [4.69, 9.17) is 22.1 Å². The van der Waals surface area contributed by atoms with E-state index in [-0.39, 0.29) is 22.8 Å². The Morgan fingerprint density at radius 2 is 2.00 bits per heavy atom. The van der Waals surface area contributed by atoms with Crippen molar-refractivity contribution in [2.45, 2.75) is 19.9 Å². The number of esters is 1. The Labute approximate surface area is 151 Å². The molecule has 0 bridgehead atoms. The number of carbonyl (C=O) groups excluding carboxylic acids is 2. The van der Waals surface area contributed by atoms with Crippen LogP contribution in [-0.4, -0.2) is 27.5 Å². The lowest BCUT2D eigenvalue weighted by molar-refractivity contribution is 0.0479. The van der Waals surface area contributed by atoms with Crippen LogP contribution in [0.5, 0.6) is 0 Å². The predicted molar refractivity (Wildman–Crippen MR) is 94.6 cm³/mol. The molecule has 0 amide bonds. The summed E-state index contributed by atoms with van der Waals surface area (Å²) in [5.74, 6) is -1.74. The molecule has 2 aromatic heterocycles. The number of nitrogen functional groups attached to an aromatic ring is 1. The van der Waals surface area contributed by atoms with E-state index >= 15 is 0 Å². The number of anilines is 1. The van der Waals surface area contributed by atoms with Gasteiger partial charge in [-0.3, -0.25) is 18.7 Å². The van der Waals surface area contributed by atoms with E-state index in [0.29, 0.717) is 10.8 Å². The van der Waals surface area contributed by atoms with Gasteiger partial charge < -0.3 is 10.5 Å². The van der Waals surface area contributed by atoms with E-state index in [1.165, 1.54) is 19.2 Å². The van der Waals surface area contributed by atoms with Crippen molar-refractivity contribution in [3.63, 3.8) is 0 Å². The zero-order valence-electron chi connectivity index (χ0n) is 13.6. The summed E-state index contributed by atoms with van der Waals surface area (Å²) in [7, 11) is 1.26. The maximum absolute atomic E-state index is 12.3. The van der Waals surface area contributed by atoms with Crippen LogP contribution in [0.4, 0.5) is 5.82 Å². The maximum atomic E-state index is 12.3. The highest BCUT2D eigenvalue weighted by molar-refractivity contribution is 7.17. The first-order valence-corrected chi connectivity index (χ1v) is 8.52. The van der Waals surface area contributed by atoms with Crippen molar-refractivity contribution in [3.05, 3.63) is 47.7 Å². The van der Waals surface area contributed by atoms with E-state index in [1.54, 1.807) is 0 Å². The average Bonchev–Trinajstić information content (AvgIpc) is 3.01. The van der Waals surface area contributed by atoms with E-state index in [1.807, 2.05) is 6.92 Å². The van der Waals surface area contributed by atoms with Gasteiger partial charge in [0.15, 0.2) is 6.61 Å². The molecule has 134 valence electrons. The molecule has 0 radical (unpaired) electrons. The molecule has 0 aliphatic rings. The topological polar surface area (TPSA) is 113 Å². The minimum atomic E-state index is -0.824. The van der Waals surface area contributed by atoms with Gasteiger partial charge in [0.05, 0.1) is 4.34 Å². The lowest BCUT2D eigenvalue weighted by Crippen LogP contribution is -2.43. The zero-order chi connectivity index (χ0) is 18.7. The van der Waals surface area contributed by atoms with Crippen molar-refractivity contribution in [2.75, 3.05) is 12.3 Å². The lowest BCUT2D eigenvalue weighted by atomic mass is 10.2. The van der Waals surface area contributed by atoms with Crippen LogP contribution in [0.3, 0.4) is 0 Å². The first-order valence-electron chi connectivity index (χ1n) is 7.32. The summed E-state index contributed by atoms with van der Waals surface area (Å²) < 4.78 is 7.27. The molecule has 0 spiro atoms. The zero-order valence-corrected chi connectivity index (χ0v) is 15.1. The number of carbonyl (C=O) groups is 2. The van der Waals surface area contributed by atoms with E-state index in [0.717, 1.165) is 20.5 Å². The standard InChI is InChI=1S/C15H16ClN3O5S/c1-3-6-19-12(17)11(13(21)18(2)15(19)23)8(20)7-24-14(22)9-4-5-10(16)25-9/h4-5H,3,6-7,17H2,1-2H3. The minimum absolute atomic E-state index is 0.227. The monoisotopic (exact) mass is 385 g/mol. The quantitative estimate of drug-likeness (QED) is 0.592. The molecule has 2 N–H and O–H groups in total. The third-order valence-electron chi connectivity index (χ3n) is 3.42. The fourth-order valence-electron chi connectivity index (χ4n) is 2.18. The number of halogens is 1. The van der Waals surface area contributed by atoms with Gasteiger partial charge in [0.2, 0.25) is 5.78 Å². The number of ketones is 1. The molecule has 2 heterocycles. The molecule has 8 nitrogen and oxygen atoms in total. The van der Waals surface area contributed by atoms with Gasteiger partial charge in [0.1, 0.15) is 16.3 Å². The summed E-state index contributed by atoms with van der Waals surface area (Å²) in [6, 6.07) is 2.99. The largest absolute Gasteiger partial charge is 0.453 e. The molecule has 2 rings (SSSR count). The molecule has 0 aliphatic carbocycles. The van der Waals surface area contributed by atoms with Crippen molar-refractivity contribution >= 4 is 40.5 Å². The normalized spacial score (nSPS) is 10.7. The molecule has 0 unspecified atom stereocenters. The van der Waals surface area contributed by atoms with Crippen molar-refractivity contribution in [2.24, 2.45) is 7.05 Å². The number of rotatable bonds is 6. The molecule has 10 heteroatoms. The highest BCUT2D eigenvalue weighted by atomic mass is 35.5. The van der Waals surface area contributed by atoms with E-state index in [2.05, 4.69) is 0 Å². The van der Waals surface area contributed by atoms with Gasteiger partial charge in [-0.2, -0.15) is 0 Å². The van der Waals surface area contributed by atoms with Crippen LogP contribution in [0.1, 0.15) is 33.4 Å². The molecular weight excluding hydrogens is 370 g/mol. The lowest BCUT2D eigenvalue weighted by Gasteiger charge is -2.13. The first kappa shape index (κ1) is 18.9. The van der Waals surface area contributed by atoms with Crippen molar-refractivity contribution in [3.8, 4) is 0 Å². The van der Waals surface area contributed by atoms with Crippen molar-refractivity contribution in [1.82, 2.24) is 9.13 Å². The van der Waals surface area contributed by atoms with E-state index in [9.17, 15) is 19.2 Å². The summed E-state index contributed by atoms with van der Waals surface area (Å²) in [6.45, 7) is 1.41. The number of nitrogens with zero attached hydrogens (tertiary/aromatic N) is 2. The van der Waals surface area contributed by atoms with Gasteiger partial charge in [-0.15, -0.1) is 11.3 Å². The summed E-state index contributed by atoms with van der Waals surface area (Å²) in [6.07, 6.45) is 0.587. The second kappa shape index (κ2) is 7.66. The van der Waals surface area contributed by atoms with Gasteiger partial charge in [-0.1, -0.05) is 18.5 Å². The molecule has 0 fully saturated rings. The number of aromatic nitrogens is 2. The molecule has 0 saturated carbocycles. The second-order valence-corrected chi connectivity index (χ2v) is 6.88. The van der Waals surface area contributed by atoms with Crippen LogP contribution in [0.15, 0.2) is 21.7 Å². The number of Topliss-reactive ketones (excluding diaryl/α,β-unsaturated/α-hetero) is 1. The molecule has 0 aliphatic heterocycles. The summed E-state index contributed by atoms with van der Waals surface area (Å²) in [4.78, 5) is 48.7. The highest BCUT2D eigenvalue weighted by Crippen LogP contribution is 2.22. The SMILES string of the molecule is CCCn1c(N)c(C(=O)COC(=O)c2ccc(Cl)s2)c(=O)n(C)c1=O. The Morgan fingerprint density at radius 3 is 2.56 bits per heavy atom. The predicted octanol–water partition coefficient (Wildman–Crippen LogP) is 1.29. The first-order chi connectivity index (χ1) is 11.8. The van der Waals surface area contributed by atoms with Crippen molar-refractivity contribution in [1.29, 1.82) is 0 Å². The summed E-state index contributed by atoms with van der Waals surface area (Å²) in [5, 5.41) is 0. The van der Waals surface area contributed by atoms with Gasteiger partial charge in [-0.05, 0) is 18.6 Å². The molecule has 0 aromatic carbocycles. The minimum Gasteiger partial charge on any atom is -0.453 e. The number of nitrogens with two attached hydrogens (primary N) is 1. The summed E-state index contributed by atoms with van der Waals surface area (Å²) in [5.41, 5.74) is 4.04. The Morgan fingerprint density at radius 1 is 1.32 bits per heavy atom. The second-order valence-electron chi connectivity index (χ2n) is 5.16. The smallest absolute Gasteiger partial charge is 0.348 e. The Balaban J connectivity index is 2.28. The Hall–Kier alpha value is -2.39. The Bertz CT molecular complexity index is 944. The third kappa shape index (κ3) is 3.83. The van der Waals surface area contributed by atoms with Gasteiger partial charge >= 0.3 is 11.7 Å². The molecule has 2 aromatic rings. The molecule has 0 atom stereocenters. The van der Waals surface area contributed by atoms with Crippen LogP contribution in [0.2, 0.25) is 4.34 Å². The van der Waals surface area contributed by atoms with Crippen LogP contribution in [0, 0.1) is 0 Å². The van der Waals surface area contributed by atoms with Crippen LogP contribution in [0.25, 0.3) is 0 Å². The maximum Gasteiger partial charge on any atom is 0.348 e. The van der Waals surface area contributed by atoms with Gasteiger partial charge in [-0.25, -0.2) is 9.59 Å². The van der Waals surface area contributed by atoms with Crippen LogP contribution < -0.4 is 17.0 Å². The fourth-order valence-corrected chi connectivity index (χ4v) is 3.12. The number of ether oxygens (including phenoxy) is 1. The van der Waals surface area contributed by atoms with E-state index < -0.39 is 29.6 Å². The number of thiophene rings is 1. The Kier molecular flexibility index (Phi) is 5.81. The number of hydrogen-bond acceptors (Lipinski definition) is 7. The van der Waals surface area contributed by atoms with Crippen LogP contribution in [-0.2, 0) is 18.3 Å². The number of hydrogen-bond donors (Lipinski definition) is 1. The van der Waals surface area contributed by atoms with Crippen molar-refractivity contribution < 1.29 is 14.3 Å².